The molecular weight excluding hydrogens is 887 g/mol. The standard InChI is InChI=1S/C66H131NO5/c1-3-5-7-9-11-13-15-16-17-18-31-34-37-40-44-48-52-56-60-66(71)72-61-57-53-49-45-41-38-35-32-29-27-25-23-21-19-20-22-24-26-28-30-33-36-39-43-47-51-55-59-65(70)67-63(62-68)64(69)58-54-50-46-42-14-12-10-8-6-4-2/h63-64,68-69H,3-62H2,1-2H3,(H,67,70). The molecule has 6 nitrogen and oxygen atoms in total. The number of ether oxygens (including phenoxy) is 1. The van der Waals surface area contributed by atoms with Gasteiger partial charge in [-0.1, -0.05) is 348 Å². The molecular formula is C66H131NO5. The van der Waals surface area contributed by atoms with E-state index in [1.54, 1.807) is 0 Å². The van der Waals surface area contributed by atoms with E-state index in [9.17, 15) is 19.8 Å². The van der Waals surface area contributed by atoms with Crippen molar-refractivity contribution in [2.24, 2.45) is 0 Å². The number of rotatable bonds is 63. The van der Waals surface area contributed by atoms with Crippen molar-refractivity contribution >= 4 is 11.9 Å². The van der Waals surface area contributed by atoms with Crippen LogP contribution in [0.15, 0.2) is 0 Å². The summed E-state index contributed by atoms with van der Waals surface area (Å²) >= 11 is 0. The third-order valence-corrected chi connectivity index (χ3v) is 15.9. The fourth-order valence-corrected chi connectivity index (χ4v) is 10.8. The maximum Gasteiger partial charge on any atom is 0.305 e. The highest BCUT2D eigenvalue weighted by atomic mass is 16.5. The summed E-state index contributed by atoms with van der Waals surface area (Å²) in [5, 5.41) is 23.2. The molecule has 3 N–H and O–H groups in total. The van der Waals surface area contributed by atoms with Gasteiger partial charge < -0.3 is 20.3 Å². The third kappa shape index (κ3) is 58.1. The molecule has 0 aromatic carbocycles. The predicted octanol–water partition coefficient (Wildman–Crippen LogP) is 21.0. The van der Waals surface area contributed by atoms with Gasteiger partial charge >= 0.3 is 5.97 Å². The van der Waals surface area contributed by atoms with E-state index in [1.165, 1.54) is 315 Å². The second-order valence-electron chi connectivity index (χ2n) is 23.2. The van der Waals surface area contributed by atoms with E-state index in [-0.39, 0.29) is 18.5 Å². The summed E-state index contributed by atoms with van der Waals surface area (Å²) in [6, 6.07) is -0.536. The number of hydrogen-bond donors (Lipinski definition) is 3. The van der Waals surface area contributed by atoms with Crippen LogP contribution in [0.1, 0.15) is 386 Å². The molecule has 0 aliphatic carbocycles. The van der Waals surface area contributed by atoms with Crippen molar-refractivity contribution in [3.63, 3.8) is 0 Å². The van der Waals surface area contributed by atoms with Gasteiger partial charge in [-0.2, -0.15) is 0 Å². The number of nitrogens with one attached hydrogen (secondary N) is 1. The van der Waals surface area contributed by atoms with Gasteiger partial charge in [0.2, 0.25) is 5.91 Å². The van der Waals surface area contributed by atoms with Gasteiger partial charge in [0.25, 0.3) is 0 Å². The Balaban J connectivity index is 3.29. The lowest BCUT2D eigenvalue weighted by molar-refractivity contribution is -0.143. The minimum absolute atomic E-state index is 0.0234. The van der Waals surface area contributed by atoms with Crippen molar-refractivity contribution in [2.45, 2.75) is 398 Å². The summed E-state index contributed by atoms with van der Waals surface area (Å²) < 4.78 is 5.51. The van der Waals surface area contributed by atoms with Crippen LogP contribution in [0.25, 0.3) is 0 Å². The molecule has 0 aromatic heterocycles. The average molecular weight is 1020 g/mol. The molecule has 72 heavy (non-hydrogen) atoms. The van der Waals surface area contributed by atoms with E-state index in [0.717, 1.165) is 38.5 Å². The number of aliphatic hydroxyl groups is 2. The van der Waals surface area contributed by atoms with E-state index < -0.39 is 12.1 Å². The Hall–Kier alpha value is -1.14. The average Bonchev–Trinajstić information content (AvgIpc) is 3.38. The maximum atomic E-state index is 12.4. The zero-order valence-corrected chi connectivity index (χ0v) is 49.2. The number of carbonyl (C=O) groups excluding carboxylic acids is 2. The van der Waals surface area contributed by atoms with Crippen LogP contribution in [0.3, 0.4) is 0 Å². The molecule has 430 valence electrons. The molecule has 0 fully saturated rings. The van der Waals surface area contributed by atoms with Crippen molar-refractivity contribution < 1.29 is 24.5 Å². The summed E-state index contributed by atoms with van der Waals surface area (Å²) in [6.07, 6.45) is 74.3. The molecule has 0 aliphatic rings. The summed E-state index contributed by atoms with van der Waals surface area (Å²) in [5.41, 5.74) is 0. The maximum absolute atomic E-state index is 12.4. The quantitative estimate of drug-likeness (QED) is 0.0417. The molecule has 0 aromatic rings. The zero-order valence-electron chi connectivity index (χ0n) is 49.2. The molecule has 0 heterocycles. The Bertz CT molecular complexity index is 1040. The Morgan fingerprint density at radius 3 is 0.847 bits per heavy atom. The molecule has 2 atom stereocenters. The van der Waals surface area contributed by atoms with E-state index in [0.29, 0.717) is 25.9 Å². The first-order valence-electron chi connectivity index (χ1n) is 33.3. The van der Waals surface area contributed by atoms with Gasteiger partial charge in [0.05, 0.1) is 25.4 Å². The smallest absolute Gasteiger partial charge is 0.305 e. The second kappa shape index (κ2) is 62.4. The Morgan fingerprint density at radius 2 is 0.569 bits per heavy atom. The van der Waals surface area contributed by atoms with Gasteiger partial charge in [-0.05, 0) is 25.7 Å². The number of amides is 1. The van der Waals surface area contributed by atoms with Crippen LogP contribution >= 0.6 is 0 Å². The summed E-state index contributed by atoms with van der Waals surface area (Å²) in [4.78, 5) is 24.5. The highest BCUT2D eigenvalue weighted by Crippen LogP contribution is 2.19. The molecule has 0 bridgehead atoms. The van der Waals surface area contributed by atoms with Gasteiger partial charge in [-0.25, -0.2) is 0 Å². The highest BCUT2D eigenvalue weighted by Gasteiger charge is 2.20. The first-order chi connectivity index (χ1) is 35.5. The fourth-order valence-electron chi connectivity index (χ4n) is 10.8. The summed E-state index contributed by atoms with van der Waals surface area (Å²) in [5.74, 6) is -0.00811. The monoisotopic (exact) mass is 1020 g/mol. The molecule has 0 saturated carbocycles. The minimum Gasteiger partial charge on any atom is -0.466 e. The van der Waals surface area contributed by atoms with Gasteiger partial charge in [-0.3, -0.25) is 9.59 Å². The SMILES string of the molecule is CCCCCCCCCCCCCCCCCCCCC(=O)OCCCCCCCCCCCCCCCCCCCCCCCCCCCCCC(=O)NC(CO)C(O)CCCCCCCCCCCC. The predicted molar refractivity (Wildman–Crippen MR) is 315 cm³/mol. The number of carbonyl (C=O) groups is 2. The topological polar surface area (TPSA) is 95.9 Å². The van der Waals surface area contributed by atoms with Gasteiger partial charge in [-0.15, -0.1) is 0 Å². The van der Waals surface area contributed by atoms with Crippen molar-refractivity contribution in [1.29, 1.82) is 0 Å². The van der Waals surface area contributed by atoms with Crippen molar-refractivity contribution in [3.8, 4) is 0 Å². The second-order valence-corrected chi connectivity index (χ2v) is 23.2. The molecule has 2 unspecified atom stereocenters. The number of esters is 1. The van der Waals surface area contributed by atoms with Crippen LogP contribution in [0.2, 0.25) is 0 Å². The van der Waals surface area contributed by atoms with Gasteiger partial charge in [0.15, 0.2) is 0 Å². The summed E-state index contributed by atoms with van der Waals surface area (Å²) in [6.45, 7) is 4.98. The lowest BCUT2D eigenvalue weighted by Crippen LogP contribution is -2.45. The molecule has 0 aliphatic heterocycles. The Kier molecular flexibility index (Phi) is 61.4. The highest BCUT2D eigenvalue weighted by molar-refractivity contribution is 5.76. The van der Waals surface area contributed by atoms with Crippen molar-refractivity contribution in [2.75, 3.05) is 13.2 Å². The van der Waals surface area contributed by atoms with Crippen LogP contribution in [0, 0.1) is 0 Å². The molecule has 0 radical (unpaired) electrons. The molecule has 0 spiro atoms. The largest absolute Gasteiger partial charge is 0.466 e. The van der Waals surface area contributed by atoms with Gasteiger partial charge in [0.1, 0.15) is 0 Å². The Morgan fingerprint density at radius 1 is 0.333 bits per heavy atom. The van der Waals surface area contributed by atoms with Crippen LogP contribution in [-0.4, -0.2) is 47.4 Å². The van der Waals surface area contributed by atoms with Gasteiger partial charge in [0, 0.05) is 12.8 Å². The van der Waals surface area contributed by atoms with Crippen LogP contribution in [0.4, 0.5) is 0 Å². The first kappa shape index (κ1) is 70.9. The number of unbranched alkanes of at least 4 members (excludes halogenated alkanes) is 52. The zero-order chi connectivity index (χ0) is 52.2. The third-order valence-electron chi connectivity index (χ3n) is 15.9. The molecule has 6 heteroatoms. The van der Waals surface area contributed by atoms with E-state index in [1.807, 2.05) is 0 Å². The minimum atomic E-state index is -0.659. The molecule has 0 saturated heterocycles. The molecule has 1 amide bonds. The number of aliphatic hydroxyl groups excluding tert-OH is 2. The van der Waals surface area contributed by atoms with E-state index in [4.69, 9.17) is 4.74 Å². The van der Waals surface area contributed by atoms with Crippen LogP contribution in [-0.2, 0) is 14.3 Å². The Labute approximate surface area is 451 Å². The lowest BCUT2D eigenvalue weighted by atomic mass is 10.0. The van der Waals surface area contributed by atoms with Crippen molar-refractivity contribution in [1.82, 2.24) is 5.32 Å². The van der Waals surface area contributed by atoms with Crippen LogP contribution < -0.4 is 5.32 Å². The van der Waals surface area contributed by atoms with E-state index in [2.05, 4.69) is 19.2 Å². The number of hydrogen-bond acceptors (Lipinski definition) is 5. The summed E-state index contributed by atoms with van der Waals surface area (Å²) in [7, 11) is 0. The van der Waals surface area contributed by atoms with Crippen LogP contribution in [0.5, 0.6) is 0 Å². The normalized spacial score (nSPS) is 12.4. The molecule has 0 rings (SSSR count). The van der Waals surface area contributed by atoms with E-state index >= 15 is 0 Å². The van der Waals surface area contributed by atoms with Crippen molar-refractivity contribution in [3.05, 3.63) is 0 Å². The fraction of sp³-hybridized carbons (Fsp3) is 0.970. The first-order valence-corrected chi connectivity index (χ1v) is 33.3. The lowest BCUT2D eigenvalue weighted by Gasteiger charge is -2.22.